The molecule has 1 N–H and O–H groups in total. The van der Waals surface area contributed by atoms with Crippen LogP contribution in [0.3, 0.4) is 0 Å². The van der Waals surface area contributed by atoms with Crippen molar-refractivity contribution in [2.45, 2.75) is 76.7 Å². The van der Waals surface area contributed by atoms with E-state index in [-0.39, 0.29) is 18.7 Å². The summed E-state index contributed by atoms with van der Waals surface area (Å²) in [4.78, 5) is 53.4. The smallest absolute Gasteiger partial charge is 0.262 e. The van der Waals surface area contributed by atoms with Crippen LogP contribution in [0.25, 0.3) is 0 Å². The molecule has 7 nitrogen and oxygen atoms in total. The van der Waals surface area contributed by atoms with Gasteiger partial charge in [0.15, 0.2) is 0 Å². The lowest BCUT2D eigenvalue weighted by molar-refractivity contribution is -0.136. The van der Waals surface area contributed by atoms with Gasteiger partial charge in [-0.1, -0.05) is 32.3 Å². The summed E-state index contributed by atoms with van der Waals surface area (Å²) in [7, 11) is 0. The predicted octanol–water partition coefficient (Wildman–Crippen LogP) is 3.48. The molecule has 3 fully saturated rings. The fourth-order valence-electron chi connectivity index (χ4n) is 6.38. The molecule has 1 aromatic rings. The van der Waals surface area contributed by atoms with Crippen molar-refractivity contribution in [3.05, 3.63) is 34.9 Å². The third-order valence-corrected chi connectivity index (χ3v) is 8.58. The fourth-order valence-corrected chi connectivity index (χ4v) is 6.38. The largest absolute Gasteiger partial charge is 0.303 e. The van der Waals surface area contributed by atoms with Crippen LogP contribution in [0.15, 0.2) is 18.2 Å². The number of likely N-dealkylation sites (tertiary alicyclic amines) is 1. The number of carbonyl (C=O) groups is 4. The molecule has 0 radical (unpaired) electrons. The summed E-state index contributed by atoms with van der Waals surface area (Å²) in [5.41, 5.74) is 1.86. The van der Waals surface area contributed by atoms with Gasteiger partial charge in [0, 0.05) is 13.0 Å². The van der Waals surface area contributed by atoms with Crippen molar-refractivity contribution in [3.63, 3.8) is 0 Å². The van der Waals surface area contributed by atoms with E-state index in [0.29, 0.717) is 17.0 Å². The zero-order valence-electron chi connectivity index (χ0n) is 20.1. The van der Waals surface area contributed by atoms with Crippen LogP contribution < -0.4 is 5.32 Å². The number of carbonyl (C=O) groups excluding carboxylic acids is 4. The Morgan fingerprint density at radius 1 is 0.853 bits per heavy atom. The molecule has 1 unspecified atom stereocenters. The van der Waals surface area contributed by atoms with E-state index in [0.717, 1.165) is 48.2 Å². The number of amides is 4. The maximum Gasteiger partial charge on any atom is 0.262 e. The SMILES string of the molecule is CCC1CCC(CN2CCC(c3ccc4c(c3)C(=O)N(C3CCC(=O)NC3=O)C4=O)CC2)CC1. The Bertz CT molecular complexity index is 990. The van der Waals surface area contributed by atoms with Crippen LogP contribution in [0.2, 0.25) is 0 Å². The highest BCUT2D eigenvalue weighted by molar-refractivity contribution is 6.23. The van der Waals surface area contributed by atoms with Gasteiger partial charge in [0.1, 0.15) is 6.04 Å². The lowest BCUT2D eigenvalue weighted by Gasteiger charge is -2.36. The zero-order valence-corrected chi connectivity index (χ0v) is 20.1. The molecule has 1 atom stereocenters. The van der Waals surface area contributed by atoms with E-state index < -0.39 is 23.8 Å². The van der Waals surface area contributed by atoms with Crippen LogP contribution in [-0.4, -0.2) is 59.1 Å². The predicted molar refractivity (Wildman–Crippen MR) is 127 cm³/mol. The van der Waals surface area contributed by atoms with Crippen molar-refractivity contribution in [2.75, 3.05) is 19.6 Å². The van der Waals surface area contributed by atoms with E-state index in [2.05, 4.69) is 17.1 Å². The van der Waals surface area contributed by atoms with Crippen molar-refractivity contribution in [1.82, 2.24) is 15.1 Å². The van der Waals surface area contributed by atoms with Gasteiger partial charge >= 0.3 is 0 Å². The number of nitrogens with one attached hydrogen (secondary N) is 1. The summed E-state index contributed by atoms with van der Waals surface area (Å²) in [6.07, 6.45) is 9.24. The Hall–Kier alpha value is -2.54. The molecule has 34 heavy (non-hydrogen) atoms. The second kappa shape index (κ2) is 9.61. The quantitative estimate of drug-likeness (QED) is 0.673. The van der Waals surface area contributed by atoms with Crippen LogP contribution in [-0.2, 0) is 9.59 Å². The highest BCUT2D eigenvalue weighted by Gasteiger charge is 2.44. The first-order valence-electron chi connectivity index (χ1n) is 13.0. The molecule has 5 rings (SSSR count). The van der Waals surface area contributed by atoms with Crippen molar-refractivity contribution in [3.8, 4) is 0 Å². The van der Waals surface area contributed by atoms with E-state index >= 15 is 0 Å². The van der Waals surface area contributed by atoms with Gasteiger partial charge in [0.05, 0.1) is 11.1 Å². The van der Waals surface area contributed by atoms with E-state index in [9.17, 15) is 19.2 Å². The Balaban J connectivity index is 1.20. The van der Waals surface area contributed by atoms with Crippen LogP contribution in [0.1, 0.15) is 96.9 Å². The van der Waals surface area contributed by atoms with E-state index in [4.69, 9.17) is 0 Å². The van der Waals surface area contributed by atoms with Gasteiger partial charge in [-0.2, -0.15) is 0 Å². The van der Waals surface area contributed by atoms with E-state index in [1.807, 2.05) is 12.1 Å². The highest BCUT2D eigenvalue weighted by Crippen LogP contribution is 2.35. The maximum absolute atomic E-state index is 13.1. The first-order chi connectivity index (χ1) is 16.4. The highest BCUT2D eigenvalue weighted by atomic mass is 16.2. The zero-order chi connectivity index (χ0) is 23.8. The van der Waals surface area contributed by atoms with Crippen LogP contribution in [0.5, 0.6) is 0 Å². The van der Waals surface area contributed by atoms with E-state index in [1.54, 1.807) is 6.07 Å². The molecule has 1 saturated carbocycles. The lowest BCUT2D eigenvalue weighted by atomic mass is 9.80. The average Bonchev–Trinajstić information content (AvgIpc) is 3.09. The number of imide groups is 2. The van der Waals surface area contributed by atoms with Gasteiger partial charge in [0.25, 0.3) is 11.8 Å². The molecule has 4 aliphatic rings. The van der Waals surface area contributed by atoms with Crippen LogP contribution >= 0.6 is 0 Å². The summed E-state index contributed by atoms with van der Waals surface area (Å²) in [5.74, 6) is 0.361. The standard InChI is InChI=1S/C27H35N3O4/c1-2-17-3-5-18(6-4-17)16-29-13-11-19(12-14-29)20-7-8-21-22(15-20)27(34)30(26(21)33)23-9-10-24(31)28-25(23)32/h7-8,15,17-19,23H,2-6,9-14,16H2,1H3,(H,28,31,32). The lowest BCUT2D eigenvalue weighted by Crippen LogP contribution is -2.54. The minimum atomic E-state index is -0.913. The normalized spacial score (nSPS) is 28.9. The second-order valence-corrected chi connectivity index (χ2v) is 10.6. The third-order valence-electron chi connectivity index (χ3n) is 8.58. The number of hydrogen-bond donors (Lipinski definition) is 1. The summed E-state index contributed by atoms with van der Waals surface area (Å²) in [6, 6.07) is 4.68. The Morgan fingerprint density at radius 2 is 1.53 bits per heavy atom. The van der Waals surface area contributed by atoms with E-state index in [1.165, 1.54) is 38.6 Å². The van der Waals surface area contributed by atoms with Crippen LogP contribution in [0, 0.1) is 11.8 Å². The molecule has 3 aliphatic heterocycles. The Kier molecular flexibility index (Phi) is 6.56. The molecule has 0 spiro atoms. The number of nitrogens with zero attached hydrogens (tertiary/aromatic N) is 2. The first kappa shape index (κ1) is 23.2. The van der Waals surface area contributed by atoms with Crippen molar-refractivity contribution < 1.29 is 19.2 Å². The van der Waals surface area contributed by atoms with Gasteiger partial charge in [-0.3, -0.25) is 29.4 Å². The van der Waals surface area contributed by atoms with Crippen molar-refractivity contribution >= 4 is 23.6 Å². The Morgan fingerprint density at radius 3 is 2.21 bits per heavy atom. The maximum atomic E-state index is 13.1. The number of benzene rings is 1. The molecule has 7 heteroatoms. The average molecular weight is 466 g/mol. The first-order valence-corrected chi connectivity index (χ1v) is 13.0. The second-order valence-electron chi connectivity index (χ2n) is 10.6. The molecule has 0 aromatic heterocycles. The number of rotatable bonds is 5. The molecule has 1 aliphatic carbocycles. The van der Waals surface area contributed by atoms with Crippen LogP contribution in [0.4, 0.5) is 0 Å². The third kappa shape index (κ3) is 4.42. The molecular weight excluding hydrogens is 430 g/mol. The van der Waals surface area contributed by atoms with Gasteiger partial charge in [-0.25, -0.2) is 0 Å². The summed E-state index contributed by atoms with van der Waals surface area (Å²) in [6.45, 7) is 5.67. The van der Waals surface area contributed by atoms with Gasteiger partial charge in [-0.15, -0.1) is 0 Å². The fraction of sp³-hybridized carbons (Fsp3) is 0.630. The van der Waals surface area contributed by atoms with Crippen molar-refractivity contribution in [2.24, 2.45) is 11.8 Å². The van der Waals surface area contributed by atoms with Crippen molar-refractivity contribution in [1.29, 1.82) is 0 Å². The summed E-state index contributed by atoms with van der Waals surface area (Å²) in [5, 5.41) is 2.25. The minimum absolute atomic E-state index is 0.133. The Labute approximate surface area is 201 Å². The number of hydrogen-bond acceptors (Lipinski definition) is 5. The molecule has 2 saturated heterocycles. The molecular formula is C27H35N3O4. The molecule has 0 bridgehead atoms. The summed E-state index contributed by atoms with van der Waals surface area (Å²) < 4.78 is 0. The topological polar surface area (TPSA) is 86.8 Å². The molecule has 1 aromatic carbocycles. The molecule has 3 heterocycles. The number of fused-ring (bicyclic) bond motifs is 1. The number of piperidine rings is 2. The van der Waals surface area contributed by atoms with Gasteiger partial charge in [-0.05, 0) is 80.6 Å². The van der Waals surface area contributed by atoms with Gasteiger partial charge in [0.2, 0.25) is 11.8 Å². The molecule has 182 valence electrons. The molecule has 4 amide bonds. The minimum Gasteiger partial charge on any atom is -0.303 e. The summed E-state index contributed by atoms with van der Waals surface area (Å²) >= 11 is 0. The van der Waals surface area contributed by atoms with Gasteiger partial charge < -0.3 is 4.90 Å². The monoisotopic (exact) mass is 465 g/mol.